The minimum Gasteiger partial charge on any atom is -0.374 e. The topological polar surface area (TPSA) is 12.5 Å². The van der Waals surface area contributed by atoms with Gasteiger partial charge in [-0.25, -0.2) is 0 Å². The van der Waals surface area contributed by atoms with E-state index in [-0.39, 0.29) is 5.60 Å². The molecule has 2 atom stereocenters. The Morgan fingerprint density at radius 3 is 2.59 bits per heavy atom. The Kier molecular flexibility index (Phi) is 3.84. The molecule has 2 fully saturated rings. The predicted molar refractivity (Wildman–Crippen MR) is 72.3 cm³/mol. The Hall–Kier alpha value is -0.0800. The van der Waals surface area contributed by atoms with Gasteiger partial charge in [-0.1, -0.05) is 13.8 Å². The summed E-state index contributed by atoms with van der Waals surface area (Å²) in [5, 5.41) is 0. The number of hydrogen-bond donors (Lipinski definition) is 0. The van der Waals surface area contributed by atoms with Gasteiger partial charge in [-0.3, -0.25) is 4.90 Å². The van der Waals surface area contributed by atoms with Crippen LogP contribution in [0.1, 0.15) is 66.2 Å². The lowest BCUT2D eigenvalue weighted by atomic mass is 9.91. The monoisotopic (exact) mass is 239 g/mol. The molecular formula is C15H29NO. The molecule has 0 aliphatic carbocycles. The van der Waals surface area contributed by atoms with Crippen molar-refractivity contribution >= 4 is 0 Å². The van der Waals surface area contributed by atoms with Gasteiger partial charge in [-0.2, -0.15) is 0 Å². The first-order chi connectivity index (χ1) is 8.03. The van der Waals surface area contributed by atoms with Crippen molar-refractivity contribution in [3.63, 3.8) is 0 Å². The van der Waals surface area contributed by atoms with Crippen LogP contribution in [0.15, 0.2) is 0 Å². The summed E-state index contributed by atoms with van der Waals surface area (Å²) >= 11 is 0. The van der Waals surface area contributed by atoms with Crippen molar-refractivity contribution in [3.05, 3.63) is 0 Å². The normalized spacial score (nSPS) is 35.6. The summed E-state index contributed by atoms with van der Waals surface area (Å²) in [6.07, 6.45) is 7.63. The summed E-state index contributed by atoms with van der Waals surface area (Å²) in [6.45, 7) is 11.5. The predicted octanol–water partition coefficient (Wildman–Crippen LogP) is 3.60. The average molecular weight is 239 g/mol. The maximum atomic E-state index is 6.19. The molecule has 0 N–H and O–H groups in total. The Labute approximate surface area is 107 Å². The van der Waals surface area contributed by atoms with E-state index in [1.165, 1.54) is 38.5 Å². The van der Waals surface area contributed by atoms with Gasteiger partial charge in [0, 0.05) is 24.7 Å². The Morgan fingerprint density at radius 1 is 1.29 bits per heavy atom. The standard InChI is InChI=1S/C15H29NO/c1-5-13-11-15(9-7-8-10-17-15)12-16(13)14(3,4)6-2/h13H,5-12H2,1-4H3. The highest BCUT2D eigenvalue weighted by molar-refractivity contribution is 5.02. The van der Waals surface area contributed by atoms with Crippen molar-refractivity contribution in [1.82, 2.24) is 4.90 Å². The molecule has 0 saturated carbocycles. The van der Waals surface area contributed by atoms with Crippen molar-refractivity contribution in [2.24, 2.45) is 0 Å². The molecule has 0 aromatic rings. The van der Waals surface area contributed by atoms with E-state index >= 15 is 0 Å². The quantitative estimate of drug-likeness (QED) is 0.746. The van der Waals surface area contributed by atoms with E-state index in [4.69, 9.17) is 4.74 Å². The van der Waals surface area contributed by atoms with Crippen molar-refractivity contribution in [2.45, 2.75) is 83.4 Å². The SMILES string of the molecule is CCC1CC2(CCCCO2)CN1C(C)(C)CC. The van der Waals surface area contributed by atoms with E-state index in [1.807, 2.05) is 0 Å². The highest BCUT2D eigenvalue weighted by Crippen LogP contribution is 2.42. The van der Waals surface area contributed by atoms with Crippen LogP contribution in [0.2, 0.25) is 0 Å². The maximum absolute atomic E-state index is 6.19. The van der Waals surface area contributed by atoms with E-state index in [0.717, 1.165) is 19.2 Å². The van der Waals surface area contributed by atoms with Crippen LogP contribution in [0.25, 0.3) is 0 Å². The highest BCUT2D eigenvalue weighted by Gasteiger charge is 2.48. The van der Waals surface area contributed by atoms with Crippen molar-refractivity contribution in [2.75, 3.05) is 13.2 Å². The van der Waals surface area contributed by atoms with Gasteiger partial charge in [0.05, 0.1) is 5.60 Å². The molecular weight excluding hydrogens is 210 g/mol. The Bertz CT molecular complexity index is 256. The van der Waals surface area contributed by atoms with Gasteiger partial charge in [-0.05, 0) is 52.4 Å². The number of nitrogens with zero attached hydrogens (tertiary/aromatic N) is 1. The molecule has 0 aromatic heterocycles. The van der Waals surface area contributed by atoms with Gasteiger partial charge in [0.25, 0.3) is 0 Å². The Morgan fingerprint density at radius 2 is 2.06 bits per heavy atom. The third-order valence-electron chi connectivity index (χ3n) is 5.06. The molecule has 2 heterocycles. The van der Waals surface area contributed by atoms with Crippen LogP contribution in [-0.2, 0) is 4.74 Å². The lowest BCUT2D eigenvalue weighted by Crippen LogP contribution is -2.48. The van der Waals surface area contributed by atoms with Gasteiger partial charge in [0.2, 0.25) is 0 Å². The molecule has 0 amide bonds. The third kappa shape index (κ3) is 2.53. The second-order valence-corrected chi connectivity index (χ2v) is 6.55. The van der Waals surface area contributed by atoms with Crippen molar-refractivity contribution in [1.29, 1.82) is 0 Å². The minimum atomic E-state index is 0.200. The molecule has 1 spiro atoms. The molecule has 2 unspecified atom stereocenters. The first-order valence-electron chi connectivity index (χ1n) is 7.44. The van der Waals surface area contributed by atoms with Crippen LogP contribution in [0.4, 0.5) is 0 Å². The van der Waals surface area contributed by atoms with E-state index in [1.54, 1.807) is 0 Å². The van der Waals surface area contributed by atoms with Gasteiger partial charge in [-0.15, -0.1) is 0 Å². The fourth-order valence-corrected chi connectivity index (χ4v) is 3.52. The summed E-state index contributed by atoms with van der Waals surface area (Å²) < 4.78 is 6.19. The van der Waals surface area contributed by atoms with E-state index in [9.17, 15) is 0 Å². The van der Waals surface area contributed by atoms with E-state index in [2.05, 4.69) is 32.6 Å². The zero-order valence-electron chi connectivity index (χ0n) is 12.1. The average Bonchev–Trinajstić information content (AvgIpc) is 2.70. The van der Waals surface area contributed by atoms with E-state index < -0.39 is 0 Å². The summed E-state index contributed by atoms with van der Waals surface area (Å²) in [4.78, 5) is 2.72. The number of rotatable bonds is 3. The van der Waals surface area contributed by atoms with Crippen LogP contribution in [-0.4, -0.2) is 35.2 Å². The van der Waals surface area contributed by atoms with Crippen LogP contribution < -0.4 is 0 Å². The molecule has 2 nitrogen and oxygen atoms in total. The van der Waals surface area contributed by atoms with E-state index in [0.29, 0.717) is 5.54 Å². The fourth-order valence-electron chi connectivity index (χ4n) is 3.52. The van der Waals surface area contributed by atoms with Crippen molar-refractivity contribution in [3.8, 4) is 0 Å². The fraction of sp³-hybridized carbons (Fsp3) is 1.00. The smallest absolute Gasteiger partial charge is 0.0824 e. The number of hydrogen-bond acceptors (Lipinski definition) is 2. The Balaban J connectivity index is 2.12. The van der Waals surface area contributed by atoms with Crippen LogP contribution >= 0.6 is 0 Å². The number of likely N-dealkylation sites (tertiary alicyclic amines) is 1. The third-order valence-corrected chi connectivity index (χ3v) is 5.06. The first-order valence-corrected chi connectivity index (χ1v) is 7.44. The van der Waals surface area contributed by atoms with Crippen molar-refractivity contribution < 1.29 is 4.74 Å². The van der Waals surface area contributed by atoms with Gasteiger partial charge < -0.3 is 4.74 Å². The molecule has 2 aliphatic heterocycles. The van der Waals surface area contributed by atoms with Gasteiger partial charge in [0.15, 0.2) is 0 Å². The van der Waals surface area contributed by atoms with Crippen LogP contribution in [0.3, 0.4) is 0 Å². The highest BCUT2D eigenvalue weighted by atomic mass is 16.5. The summed E-state index contributed by atoms with van der Waals surface area (Å²) in [6, 6.07) is 0.725. The van der Waals surface area contributed by atoms with Crippen LogP contribution in [0, 0.1) is 0 Å². The number of ether oxygens (including phenoxy) is 1. The molecule has 0 radical (unpaired) electrons. The minimum absolute atomic E-state index is 0.200. The molecule has 2 heteroatoms. The molecule has 0 bridgehead atoms. The zero-order chi connectivity index (χ0) is 12.5. The molecule has 2 aliphatic rings. The summed E-state index contributed by atoms with van der Waals surface area (Å²) in [5.41, 5.74) is 0.524. The molecule has 100 valence electrons. The zero-order valence-corrected chi connectivity index (χ0v) is 12.1. The first kappa shape index (κ1) is 13.4. The lowest BCUT2D eigenvalue weighted by molar-refractivity contribution is -0.0744. The second kappa shape index (κ2) is 4.89. The van der Waals surface area contributed by atoms with Crippen LogP contribution in [0.5, 0.6) is 0 Å². The molecule has 17 heavy (non-hydrogen) atoms. The lowest BCUT2D eigenvalue weighted by Gasteiger charge is -2.40. The largest absolute Gasteiger partial charge is 0.374 e. The van der Waals surface area contributed by atoms with Gasteiger partial charge >= 0.3 is 0 Å². The molecule has 2 saturated heterocycles. The molecule has 2 rings (SSSR count). The second-order valence-electron chi connectivity index (χ2n) is 6.55. The summed E-state index contributed by atoms with van der Waals surface area (Å²) in [7, 11) is 0. The van der Waals surface area contributed by atoms with Gasteiger partial charge in [0.1, 0.15) is 0 Å². The maximum Gasteiger partial charge on any atom is 0.0824 e. The summed E-state index contributed by atoms with van der Waals surface area (Å²) in [5.74, 6) is 0. The molecule has 0 aromatic carbocycles.